The van der Waals surface area contributed by atoms with Crippen LogP contribution in [0.25, 0.3) is 22.0 Å². The maximum absolute atomic E-state index is 14.0. The van der Waals surface area contributed by atoms with Crippen molar-refractivity contribution >= 4 is 54.3 Å². The Kier molecular flexibility index (Phi) is 7.16. The fourth-order valence-electron chi connectivity index (χ4n) is 5.39. The van der Waals surface area contributed by atoms with E-state index in [0.717, 1.165) is 12.1 Å². The molecular formula is C31H22N2O10S2. The Labute approximate surface area is 256 Å². The highest BCUT2D eigenvalue weighted by atomic mass is 32.2. The van der Waals surface area contributed by atoms with Crippen molar-refractivity contribution in [2.75, 3.05) is 5.32 Å². The van der Waals surface area contributed by atoms with Gasteiger partial charge in [-0.15, -0.1) is 0 Å². The van der Waals surface area contributed by atoms with Gasteiger partial charge in [-0.2, -0.15) is 16.8 Å². The summed E-state index contributed by atoms with van der Waals surface area (Å²) >= 11 is 0. The first kappa shape index (κ1) is 29.9. The molecule has 0 saturated heterocycles. The lowest BCUT2D eigenvalue weighted by atomic mass is 9.81. The first-order valence-electron chi connectivity index (χ1n) is 13.2. The van der Waals surface area contributed by atoms with Crippen molar-refractivity contribution in [1.29, 1.82) is 0 Å². The van der Waals surface area contributed by atoms with E-state index in [4.69, 9.17) is 4.74 Å². The molecule has 0 atom stereocenters. The number of carbonyl (C=O) groups is 2. The molecule has 0 spiro atoms. The molecule has 0 saturated carbocycles. The van der Waals surface area contributed by atoms with Crippen molar-refractivity contribution < 1.29 is 40.3 Å². The molecule has 0 fully saturated rings. The average Bonchev–Trinajstić information content (AvgIpc) is 3.00. The number of pyridine rings is 1. The number of anilines is 2. The van der Waals surface area contributed by atoms with Gasteiger partial charge in [0, 0.05) is 23.6 Å². The number of nitrogens with zero attached hydrogens (tertiary/aromatic N) is 1. The zero-order valence-electron chi connectivity index (χ0n) is 23.2. The second-order valence-corrected chi connectivity index (χ2v) is 13.0. The van der Waals surface area contributed by atoms with Crippen LogP contribution in [0.4, 0.5) is 11.4 Å². The Bertz CT molecular complexity index is 2370. The smallest absolute Gasteiger partial charge is 0.344 e. The molecule has 0 radical (unpaired) electrons. The van der Waals surface area contributed by atoms with Crippen LogP contribution in [-0.4, -0.2) is 42.3 Å². The number of fused-ring (bicyclic) bond motifs is 2. The minimum atomic E-state index is -5.04. The number of aromatic nitrogens is 1. The number of carbonyl (C=O) groups excluding carboxylic acids is 2. The highest BCUT2D eigenvalue weighted by Gasteiger charge is 2.34. The number of aryl methyl sites for hydroxylation is 1. The number of hydrogen-bond acceptors (Lipinski definition) is 9. The van der Waals surface area contributed by atoms with E-state index in [1.807, 2.05) is 0 Å². The lowest BCUT2D eigenvalue weighted by molar-refractivity contribution is 0.0471. The van der Waals surface area contributed by atoms with Gasteiger partial charge in [-0.3, -0.25) is 18.7 Å². The van der Waals surface area contributed by atoms with Crippen LogP contribution in [0.3, 0.4) is 0 Å². The molecular weight excluding hydrogens is 624 g/mol. The summed E-state index contributed by atoms with van der Waals surface area (Å²) in [5.74, 6) is -1.43. The van der Waals surface area contributed by atoms with Crippen molar-refractivity contribution in [2.45, 2.75) is 16.4 Å². The molecule has 3 N–H and O–H groups in total. The summed E-state index contributed by atoms with van der Waals surface area (Å²) in [6.07, 6.45) is 0. The van der Waals surface area contributed by atoms with Crippen molar-refractivity contribution in [3.63, 3.8) is 0 Å². The third-order valence-electron chi connectivity index (χ3n) is 7.45. The number of ketones is 1. The van der Waals surface area contributed by atoms with Crippen LogP contribution in [0.2, 0.25) is 0 Å². The maximum atomic E-state index is 14.0. The predicted octanol–water partition coefficient (Wildman–Crippen LogP) is 4.34. The van der Waals surface area contributed by atoms with Crippen LogP contribution in [0.15, 0.2) is 99.5 Å². The fraction of sp³-hybridized carbons (Fsp3) is 0.0645. The minimum Gasteiger partial charge on any atom is -0.457 e. The van der Waals surface area contributed by atoms with Gasteiger partial charge in [0.15, 0.2) is 5.78 Å². The third kappa shape index (κ3) is 5.19. The molecule has 14 heteroatoms. The van der Waals surface area contributed by atoms with E-state index < -0.39 is 47.3 Å². The molecule has 0 unspecified atom stereocenters. The molecule has 5 aromatic rings. The maximum Gasteiger partial charge on any atom is 0.344 e. The molecule has 6 rings (SSSR count). The van der Waals surface area contributed by atoms with Gasteiger partial charge in [0.25, 0.3) is 25.8 Å². The number of rotatable bonds is 7. The number of benzene rings is 4. The monoisotopic (exact) mass is 646 g/mol. The fourth-order valence-corrected chi connectivity index (χ4v) is 6.64. The number of hydrogen-bond donors (Lipinski definition) is 3. The summed E-state index contributed by atoms with van der Waals surface area (Å²) in [7, 11) is -8.45. The van der Waals surface area contributed by atoms with Crippen LogP contribution in [0.5, 0.6) is 0 Å². The largest absolute Gasteiger partial charge is 0.457 e. The van der Waals surface area contributed by atoms with Crippen LogP contribution in [0.1, 0.15) is 31.8 Å². The normalized spacial score (nSPS) is 12.6. The quantitative estimate of drug-likeness (QED) is 0.165. The van der Waals surface area contributed by atoms with E-state index in [2.05, 4.69) is 5.32 Å². The van der Waals surface area contributed by atoms with Crippen molar-refractivity contribution in [1.82, 2.24) is 4.57 Å². The lowest BCUT2D eigenvalue weighted by Gasteiger charge is -2.25. The van der Waals surface area contributed by atoms with Crippen molar-refractivity contribution in [3.8, 4) is 11.1 Å². The second kappa shape index (κ2) is 10.8. The van der Waals surface area contributed by atoms with Gasteiger partial charge < -0.3 is 14.6 Å². The van der Waals surface area contributed by atoms with Crippen LogP contribution >= 0.6 is 0 Å². The Morgan fingerprint density at radius 2 is 1.44 bits per heavy atom. The van der Waals surface area contributed by atoms with Gasteiger partial charge in [0.2, 0.25) is 0 Å². The second-order valence-electron chi connectivity index (χ2n) is 10.2. The standard InChI is InChI=1S/C31H22N2O10S2/c1-33-23-14-13-22(32-21-12-11-18(44(37,38)39)15-24(21)45(40,41)42)26-27(23)25(19-9-5-6-10-20(19)29(26)34)28(30(33)35)31(36)43-16-17-7-3-2-4-8-17/h2-15,32H,16H2,1H3,(H,37,38,39)(H,40,41,42). The SMILES string of the molecule is Cn1c(=O)c(C(=O)OCc2ccccc2)c2c3c(c(Nc4ccc(S(=O)(=O)O)cc4S(=O)(=O)O)ccc31)C(=O)c1ccccc1-2. The Hall–Kier alpha value is -5.15. The van der Waals surface area contributed by atoms with Crippen molar-refractivity contribution in [3.05, 3.63) is 118 Å². The topological polar surface area (TPSA) is 186 Å². The third-order valence-corrected chi connectivity index (χ3v) is 9.19. The lowest BCUT2D eigenvalue weighted by Crippen LogP contribution is -2.29. The van der Waals surface area contributed by atoms with Gasteiger partial charge in [0.1, 0.15) is 17.1 Å². The highest BCUT2D eigenvalue weighted by molar-refractivity contribution is 7.86. The van der Waals surface area contributed by atoms with Gasteiger partial charge in [-0.05, 0) is 41.5 Å². The molecule has 1 aliphatic carbocycles. The minimum absolute atomic E-state index is 0.0194. The van der Waals surface area contributed by atoms with E-state index in [0.29, 0.717) is 17.2 Å². The molecule has 0 bridgehead atoms. The zero-order chi connectivity index (χ0) is 32.3. The molecule has 12 nitrogen and oxygen atoms in total. The van der Waals surface area contributed by atoms with Gasteiger partial charge in [-0.1, -0.05) is 54.6 Å². The van der Waals surface area contributed by atoms with E-state index in [1.165, 1.54) is 29.8 Å². The molecule has 1 aromatic heterocycles. The number of esters is 1. The number of ether oxygens (including phenoxy) is 1. The molecule has 228 valence electrons. The molecule has 45 heavy (non-hydrogen) atoms. The zero-order valence-corrected chi connectivity index (χ0v) is 24.8. The van der Waals surface area contributed by atoms with Crippen LogP contribution in [-0.2, 0) is 38.6 Å². The van der Waals surface area contributed by atoms with Gasteiger partial charge in [0.05, 0.1) is 27.4 Å². The summed E-state index contributed by atoms with van der Waals surface area (Å²) in [5, 5.41) is 2.99. The van der Waals surface area contributed by atoms with E-state index in [1.54, 1.807) is 48.5 Å². The molecule has 4 aromatic carbocycles. The van der Waals surface area contributed by atoms with E-state index in [-0.39, 0.29) is 51.1 Å². The Morgan fingerprint density at radius 3 is 2.11 bits per heavy atom. The number of nitrogens with one attached hydrogen (secondary N) is 1. The van der Waals surface area contributed by atoms with Gasteiger partial charge in [-0.25, -0.2) is 4.79 Å². The van der Waals surface area contributed by atoms with Crippen molar-refractivity contribution in [2.24, 2.45) is 7.05 Å². The first-order chi connectivity index (χ1) is 21.3. The molecule has 0 amide bonds. The summed E-state index contributed by atoms with van der Waals surface area (Å²) < 4.78 is 73.8. The van der Waals surface area contributed by atoms with E-state index >= 15 is 0 Å². The Morgan fingerprint density at radius 1 is 0.800 bits per heavy atom. The van der Waals surface area contributed by atoms with E-state index in [9.17, 15) is 40.3 Å². The van der Waals surface area contributed by atoms with Crippen LogP contribution in [0, 0.1) is 0 Å². The first-order valence-corrected chi connectivity index (χ1v) is 16.1. The average molecular weight is 647 g/mol. The summed E-state index contributed by atoms with van der Waals surface area (Å²) in [4.78, 5) is 39.6. The summed E-state index contributed by atoms with van der Waals surface area (Å²) in [5.41, 5.74) is 0.308. The molecule has 1 heterocycles. The summed E-state index contributed by atoms with van der Waals surface area (Å²) in [6, 6.07) is 20.6. The van der Waals surface area contributed by atoms with Crippen LogP contribution < -0.4 is 10.9 Å². The molecule has 0 aliphatic heterocycles. The van der Waals surface area contributed by atoms with Gasteiger partial charge >= 0.3 is 5.97 Å². The molecule has 1 aliphatic rings. The Balaban J connectivity index is 1.60. The summed E-state index contributed by atoms with van der Waals surface area (Å²) in [6.45, 7) is -0.118. The predicted molar refractivity (Wildman–Crippen MR) is 163 cm³/mol. The highest BCUT2D eigenvalue weighted by Crippen LogP contribution is 2.44.